The topological polar surface area (TPSA) is 52.6 Å². The van der Waals surface area contributed by atoms with Crippen LogP contribution in [0.2, 0.25) is 0 Å². The Labute approximate surface area is 129 Å². The molecule has 0 aromatic carbocycles. The van der Waals surface area contributed by atoms with Crippen LogP contribution in [0.1, 0.15) is 40.2 Å². The van der Waals surface area contributed by atoms with Gasteiger partial charge in [-0.1, -0.05) is 11.8 Å². The Morgan fingerprint density at radius 3 is 3.19 bits per heavy atom. The SMILES string of the molecule is O=C(NC1CCN2CCCC2C1)c1ccc(C#CCO)s1. The van der Waals surface area contributed by atoms with E-state index in [1.165, 1.54) is 30.7 Å². The van der Waals surface area contributed by atoms with Gasteiger partial charge in [0.1, 0.15) is 6.61 Å². The van der Waals surface area contributed by atoms with Crippen molar-refractivity contribution >= 4 is 17.2 Å². The molecule has 0 saturated carbocycles. The summed E-state index contributed by atoms with van der Waals surface area (Å²) in [6.45, 7) is 2.18. The van der Waals surface area contributed by atoms with Crippen molar-refractivity contribution < 1.29 is 9.90 Å². The maximum absolute atomic E-state index is 12.3. The first-order valence-corrected chi connectivity index (χ1v) is 8.32. The Hall–Kier alpha value is -1.35. The van der Waals surface area contributed by atoms with Crippen LogP contribution in [0.4, 0.5) is 0 Å². The minimum atomic E-state index is -0.153. The number of piperidine rings is 1. The van der Waals surface area contributed by atoms with Crippen LogP contribution < -0.4 is 5.32 Å². The highest BCUT2D eigenvalue weighted by Crippen LogP contribution is 2.27. The highest BCUT2D eigenvalue weighted by Gasteiger charge is 2.32. The van der Waals surface area contributed by atoms with Crippen molar-refractivity contribution in [1.82, 2.24) is 10.2 Å². The number of nitrogens with zero attached hydrogens (tertiary/aromatic N) is 1. The van der Waals surface area contributed by atoms with Crippen LogP contribution >= 0.6 is 11.3 Å². The van der Waals surface area contributed by atoms with Gasteiger partial charge >= 0.3 is 0 Å². The van der Waals surface area contributed by atoms with Gasteiger partial charge in [-0.2, -0.15) is 0 Å². The molecule has 1 aromatic heterocycles. The van der Waals surface area contributed by atoms with Crippen molar-refractivity contribution in [1.29, 1.82) is 0 Å². The molecule has 2 N–H and O–H groups in total. The second-order valence-corrected chi connectivity index (χ2v) is 6.73. The molecular weight excluding hydrogens is 284 g/mol. The fourth-order valence-electron chi connectivity index (χ4n) is 3.27. The Morgan fingerprint density at radius 2 is 2.33 bits per heavy atom. The van der Waals surface area contributed by atoms with Gasteiger partial charge in [-0.3, -0.25) is 4.79 Å². The minimum absolute atomic E-state index is 0.00787. The third kappa shape index (κ3) is 3.46. The normalized spacial score (nSPS) is 25.0. The average molecular weight is 304 g/mol. The first-order valence-electron chi connectivity index (χ1n) is 7.51. The number of carbonyl (C=O) groups excluding carboxylic acids is 1. The number of hydrogen-bond acceptors (Lipinski definition) is 4. The Balaban J connectivity index is 1.57. The summed E-state index contributed by atoms with van der Waals surface area (Å²) < 4.78 is 0. The van der Waals surface area contributed by atoms with E-state index in [9.17, 15) is 4.79 Å². The monoisotopic (exact) mass is 304 g/mol. The van der Waals surface area contributed by atoms with Gasteiger partial charge in [-0.25, -0.2) is 0 Å². The third-order valence-electron chi connectivity index (χ3n) is 4.28. The van der Waals surface area contributed by atoms with E-state index in [0.29, 0.717) is 17.0 Å². The highest BCUT2D eigenvalue weighted by molar-refractivity contribution is 7.14. The average Bonchev–Trinajstić information content (AvgIpc) is 3.13. The molecule has 4 nitrogen and oxygen atoms in total. The molecule has 2 saturated heterocycles. The summed E-state index contributed by atoms with van der Waals surface area (Å²) in [4.78, 5) is 16.4. The van der Waals surface area contributed by atoms with Crippen molar-refractivity contribution in [2.24, 2.45) is 0 Å². The first-order chi connectivity index (χ1) is 10.3. The zero-order valence-electron chi connectivity index (χ0n) is 12.0. The molecular formula is C16H20N2O2S. The fourth-order valence-corrected chi connectivity index (χ4v) is 4.05. The fraction of sp³-hybridized carbons (Fsp3) is 0.562. The molecule has 3 rings (SSSR count). The predicted octanol–water partition coefficient (Wildman–Crippen LogP) is 1.45. The standard InChI is InChI=1S/C16H20N2O2S/c19-10-2-4-14-5-6-15(21-14)16(20)17-12-7-9-18-8-1-3-13(18)11-12/h5-6,12-13,19H,1,3,7-11H2,(H,17,20). The number of amides is 1. The predicted molar refractivity (Wildman–Crippen MR) is 83.4 cm³/mol. The van der Waals surface area contributed by atoms with Crippen molar-refractivity contribution in [3.05, 3.63) is 21.9 Å². The van der Waals surface area contributed by atoms with Gasteiger partial charge in [0.2, 0.25) is 0 Å². The van der Waals surface area contributed by atoms with Gasteiger partial charge < -0.3 is 15.3 Å². The molecule has 1 amide bonds. The largest absolute Gasteiger partial charge is 0.384 e. The maximum Gasteiger partial charge on any atom is 0.261 e. The third-order valence-corrected chi connectivity index (χ3v) is 5.28. The summed E-state index contributed by atoms with van der Waals surface area (Å²) in [6.07, 6.45) is 4.69. The van der Waals surface area contributed by atoms with Crippen LogP contribution in [-0.4, -0.2) is 47.7 Å². The summed E-state index contributed by atoms with van der Waals surface area (Å²) in [5.74, 6) is 5.45. The number of aliphatic hydroxyl groups excluding tert-OH is 1. The number of carbonyl (C=O) groups is 1. The van der Waals surface area contributed by atoms with Gasteiger partial charge in [0.25, 0.3) is 5.91 Å². The summed E-state index contributed by atoms with van der Waals surface area (Å²) in [5, 5.41) is 11.8. The van der Waals surface area contributed by atoms with Crippen molar-refractivity contribution in [3.8, 4) is 11.8 Å². The van der Waals surface area contributed by atoms with Gasteiger partial charge in [-0.05, 0) is 44.4 Å². The van der Waals surface area contributed by atoms with Gasteiger partial charge in [0, 0.05) is 18.6 Å². The molecule has 0 aliphatic carbocycles. The number of aliphatic hydroxyl groups is 1. The summed E-state index contributed by atoms with van der Waals surface area (Å²) in [7, 11) is 0. The molecule has 21 heavy (non-hydrogen) atoms. The minimum Gasteiger partial charge on any atom is -0.384 e. The molecule has 2 aliphatic rings. The molecule has 0 spiro atoms. The lowest BCUT2D eigenvalue weighted by Gasteiger charge is -2.35. The molecule has 0 bridgehead atoms. The van der Waals surface area contributed by atoms with Crippen LogP contribution in [0.3, 0.4) is 0 Å². The Morgan fingerprint density at radius 1 is 1.43 bits per heavy atom. The van der Waals surface area contributed by atoms with Crippen LogP contribution in [0.15, 0.2) is 12.1 Å². The second-order valence-electron chi connectivity index (χ2n) is 5.65. The van der Waals surface area contributed by atoms with E-state index in [1.54, 1.807) is 0 Å². The zero-order chi connectivity index (χ0) is 14.7. The number of nitrogens with one attached hydrogen (secondary N) is 1. The van der Waals surface area contributed by atoms with Crippen LogP contribution in [0, 0.1) is 11.8 Å². The number of thiophene rings is 1. The second kappa shape index (κ2) is 6.61. The molecule has 0 radical (unpaired) electrons. The van der Waals surface area contributed by atoms with E-state index in [1.807, 2.05) is 12.1 Å². The summed E-state index contributed by atoms with van der Waals surface area (Å²) in [5.41, 5.74) is 0. The van der Waals surface area contributed by atoms with Gasteiger partial charge in [-0.15, -0.1) is 11.3 Å². The molecule has 3 heterocycles. The van der Waals surface area contributed by atoms with Crippen LogP contribution in [0.25, 0.3) is 0 Å². The molecule has 2 aliphatic heterocycles. The molecule has 2 atom stereocenters. The van der Waals surface area contributed by atoms with Crippen molar-refractivity contribution in [3.63, 3.8) is 0 Å². The van der Waals surface area contributed by atoms with E-state index >= 15 is 0 Å². The summed E-state index contributed by atoms with van der Waals surface area (Å²) in [6, 6.07) is 4.61. The molecule has 2 unspecified atom stereocenters. The van der Waals surface area contributed by atoms with Gasteiger partial charge in [0.05, 0.1) is 9.75 Å². The van der Waals surface area contributed by atoms with E-state index in [4.69, 9.17) is 5.11 Å². The van der Waals surface area contributed by atoms with Crippen molar-refractivity contribution in [2.75, 3.05) is 19.7 Å². The summed E-state index contributed by atoms with van der Waals surface area (Å²) >= 11 is 1.38. The van der Waals surface area contributed by atoms with Crippen molar-refractivity contribution in [2.45, 2.75) is 37.8 Å². The van der Waals surface area contributed by atoms with E-state index in [2.05, 4.69) is 22.1 Å². The van der Waals surface area contributed by atoms with E-state index in [0.717, 1.165) is 24.3 Å². The maximum atomic E-state index is 12.3. The molecule has 5 heteroatoms. The number of rotatable bonds is 2. The molecule has 2 fully saturated rings. The quantitative estimate of drug-likeness (QED) is 0.813. The van der Waals surface area contributed by atoms with Crippen LogP contribution in [0.5, 0.6) is 0 Å². The van der Waals surface area contributed by atoms with E-state index < -0.39 is 0 Å². The van der Waals surface area contributed by atoms with Gasteiger partial charge in [0.15, 0.2) is 0 Å². The lowest BCUT2D eigenvalue weighted by molar-refractivity contribution is 0.0900. The number of fused-ring (bicyclic) bond motifs is 1. The smallest absolute Gasteiger partial charge is 0.261 e. The molecule has 112 valence electrons. The van der Waals surface area contributed by atoms with E-state index in [-0.39, 0.29) is 12.5 Å². The Bertz CT molecular complexity index is 572. The highest BCUT2D eigenvalue weighted by atomic mass is 32.1. The first kappa shape index (κ1) is 14.6. The lowest BCUT2D eigenvalue weighted by atomic mass is 9.97. The Kier molecular flexibility index (Phi) is 4.59. The number of hydrogen-bond donors (Lipinski definition) is 2. The lowest BCUT2D eigenvalue weighted by Crippen LogP contribution is -2.47. The molecule has 1 aromatic rings. The zero-order valence-corrected chi connectivity index (χ0v) is 12.8. The van der Waals surface area contributed by atoms with Crippen LogP contribution in [-0.2, 0) is 0 Å².